The van der Waals surface area contributed by atoms with Gasteiger partial charge >= 0.3 is 5.69 Å². The molecule has 0 bridgehead atoms. The topological polar surface area (TPSA) is 94.9 Å². The van der Waals surface area contributed by atoms with E-state index in [1.807, 2.05) is 0 Å². The number of hydrogen-bond donors (Lipinski definition) is 2. The molecule has 1 heterocycles. The van der Waals surface area contributed by atoms with E-state index < -0.39 is 5.69 Å². The Bertz CT molecular complexity index is 562. The van der Waals surface area contributed by atoms with Crippen molar-refractivity contribution in [3.63, 3.8) is 0 Å². The summed E-state index contributed by atoms with van der Waals surface area (Å²) < 4.78 is 2.24. The highest BCUT2D eigenvalue weighted by Gasteiger charge is 2.25. The zero-order valence-electron chi connectivity index (χ0n) is 11.4. The standard InChI is InChI=1S/C12H21N5O2/c1-16-11(18)10(15-17(2)12(16)19)14-9-6-4-3-5-8(9)7-13/h8-9H,3-7,13H2,1-2H3,(H,14,15). The molecule has 19 heavy (non-hydrogen) atoms. The molecule has 7 heteroatoms. The summed E-state index contributed by atoms with van der Waals surface area (Å²) in [5.74, 6) is 0.590. The van der Waals surface area contributed by atoms with Crippen LogP contribution >= 0.6 is 0 Å². The van der Waals surface area contributed by atoms with Gasteiger partial charge in [-0.25, -0.2) is 9.48 Å². The summed E-state index contributed by atoms with van der Waals surface area (Å²) in [5.41, 5.74) is 4.96. The van der Waals surface area contributed by atoms with Crippen molar-refractivity contribution in [2.75, 3.05) is 11.9 Å². The molecule has 1 fully saturated rings. The minimum absolute atomic E-state index is 0.163. The fourth-order valence-electron chi connectivity index (χ4n) is 2.64. The van der Waals surface area contributed by atoms with E-state index in [0.29, 0.717) is 12.5 Å². The number of aromatic nitrogens is 3. The van der Waals surface area contributed by atoms with Gasteiger partial charge in [0.05, 0.1) is 0 Å². The first kappa shape index (κ1) is 13.8. The average Bonchev–Trinajstić information content (AvgIpc) is 2.43. The summed E-state index contributed by atoms with van der Waals surface area (Å²) in [4.78, 5) is 23.6. The monoisotopic (exact) mass is 267 g/mol. The molecule has 1 aromatic heterocycles. The number of nitrogens with two attached hydrogens (primary N) is 1. The summed E-state index contributed by atoms with van der Waals surface area (Å²) >= 11 is 0. The average molecular weight is 267 g/mol. The van der Waals surface area contributed by atoms with E-state index in [-0.39, 0.29) is 17.4 Å². The van der Waals surface area contributed by atoms with Crippen molar-refractivity contribution in [1.29, 1.82) is 0 Å². The van der Waals surface area contributed by atoms with Crippen molar-refractivity contribution < 1.29 is 0 Å². The van der Waals surface area contributed by atoms with Crippen molar-refractivity contribution in [2.45, 2.75) is 31.7 Å². The maximum Gasteiger partial charge on any atom is 0.346 e. The van der Waals surface area contributed by atoms with Gasteiger partial charge in [0, 0.05) is 20.1 Å². The Morgan fingerprint density at radius 3 is 2.68 bits per heavy atom. The summed E-state index contributed by atoms with van der Waals surface area (Å²) in [6.07, 6.45) is 4.36. The van der Waals surface area contributed by atoms with E-state index in [0.717, 1.165) is 23.8 Å². The predicted octanol–water partition coefficient (Wildman–Crippen LogP) is -0.592. The van der Waals surface area contributed by atoms with Crippen LogP contribution < -0.4 is 22.3 Å². The molecule has 0 aromatic carbocycles. The Morgan fingerprint density at radius 1 is 1.32 bits per heavy atom. The van der Waals surface area contributed by atoms with E-state index in [1.54, 1.807) is 0 Å². The minimum atomic E-state index is -0.422. The fraction of sp³-hybridized carbons (Fsp3) is 0.750. The third-order valence-electron chi connectivity index (χ3n) is 3.85. The van der Waals surface area contributed by atoms with Crippen LogP contribution in [0.15, 0.2) is 9.59 Å². The van der Waals surface area contributed by atoms with Gasteiger partial charge in [-0.15, -0.1) is 5.10 Å². The Hall–Kier alpha value is -1.63. The molecule has 2 atom stereocenters. The molecule has 1 aromatic rings. The number of nitrogens with one attached hydrogen (secondary N) is 1. The van der Waals surface area contributed by atoms with Gasteiger partial charge in [0.1, 0.15) is 0 Å². The molecular formula is C12H21N5O2. The van der Waals surface area contributed by atoms with Crippen molar-refractivity contribution in [1.82, 2.24) is 14.3 Å². The highest BCUT2D eigenvalue weighted by atomic mass is 16.2. The molecule has 1 saturated carbocycles. The molecular weight excluding hydrogens is 246 g/mol. The second kappa shape index (κ2) is 5.56. The van der Waals surface area contributed by atoms with Crippen molar-refractivity contribution in [3.8, 4) is 0 Å². The molecule has 0 saturated heterocycles. The molecule has 106 valence electrons. The second-order valence-corrected chi connectivity index (χ2v) is 5.15. The molecule has 7 nitrogen and oxygen atoms in total. The van der Waals surface area contributed by atoms with Gasteiger partial charge in [0.2, 0.25) is 5.82 Å². The van der Waals surface area contributed by atoms with Crippen LogP contribution in [0.3, 0.4) is 0 Å². The van der Waals surface area contributed by atoms with Crippen LogP contribution in [0.2, 0.25) is 0 Å². The molecule has 0 aliphatic heterocycles. The summed E-state index contributed by atoms with van der Waals surface area (Å²) in [5, 5.41) is 7.19. The highest BCUT2D eigenvalue weighted by Crippen LogP contribution is 2.25. The third kappa shape index (κ3) is 2.70. The maximum absolute atomic E-state index is 12.0. The maximum atomic E-state index is 12.0. The minimum Gasteiger partial charge on any atom is -0.361 e. The van der Waals surface area contributed by atoms with Gasteiger partial charge in [-0.05, 0) is 25.3 Å². The van der Waals surface area contributed by atoms with E-state index in [1.165, 1.54) is 25.2 Å². The lowest BCUT2D eigenvalue weighted by atomic mass is 9.84. The first-order chi connectivity index (χ1) is 9.04. The number of hydrogen-bond acceptors (Lipinski definition) is 5. The SMILES string of the molecule is Cn1nc(NC2CCCCC2CN)c(=O)n(C)c1=O. The molecule has 1 aliphatic carbocycles. The van der Waals surface area contributed by atoms with Gasteiger partial charge in [-0.2, -0.15) is 0 Å². The Kier molecular flexibility index (Phi) is 4.04. The van der Waals surface area contributed by atoms with Gasteiger partial charge in [0.15, 0.2) is 0 Å². The molecule has 3 N–H and O–H groups in total. The van der Waals surface area contributed by atoms with E-state index >= 15 is 0 Å². The van der Waals surface area contributed by atoms with Crippen LogP contribution in [-0.2, 0) is 14.1 Å². The van der Waals surface area contributed by atoms with Crippen LogP contribution in [0.4, 0.5) is 5.82 Å². The molecule has 2 rings (SSSR count). The largest absolute Gasteiger partial charge is 0.361 e. The summed E-state index contributed by atoms with van der Waals surface area (Å²) in [7, 11) is 2.99. The van der Waals surface area contributed by atoms with Crippen LogP contribution in [0.5, 0.6) is 0 Å². The molecule has 0 spiro atoms. The Morgan fingerprint density at radius 2 is 2.00 bits per heavy atom. The molecule has 2 unspecified atom stereocenters. The van der Waals surface area contributed by atoms with E-state index in [9.17, 15) is 9.59 Å². The number of aryl methyl sites for hydroxylation is 1. The van der Waals surface area contributed by atoms with Crippen LogP contribution in [-0.4, -0.2) is 26.9 Å². The van der Waals surface area contributed by atoms with Crippen molar-refractivity contribution >= 4 is 5.82 Å². The van der Waals surface area contributed by atoms with Gasteiger partial charge in [-0.1, -0.05) is 12.8 Å². The zero-order valence-corrected chi connectivity index (χ0v) is 11.4. The predicted molar refractivity (Wildman–Crippen MR) is 73.1 cm³/mol. The number of anilines is 1. The summed E-state index contributed by atoms with van der Waals surface area (Å²) in [6.45, 7) is 0.601. The highest BCUT2D eigenvalue weighted by molar-refractivity contribution is 5.31. The number of nitrogens with zero attached hydrogens (tertiary/aromatic N) is 3. The third-order valence-corrected chi connectivity index (χ3v) is 3.85. The van der Waals surface area contributed by atoms with Gasteiger partial charge < -0.3 is 11.1 Å². The van der Waals surface area contributed by atoms with E-state index in [4.69, 9.17) is 5.73 Å². The van der Waals surface area contributed by atoms with E-state index in [2.05, 4.69) is 10.4 Å². The fourth-order valence-corrected chi connectivity index (χ4v) is 2.64. The smallest absolute Gasteiger partial charge is 0.346 e. The zero-order chi connectivity index (χ0) is 14.0. The van der Waals surface area contributed by atoms with Crippen molar-refractivity contribution in [2.24, 2.45) is 25.7 Å². The Balaban J connectivity index is 2.28. The second-order valence-electron chi connectivity index (χ2n) is 5.15. The normalized spacial score (nSPS) is 23.3. The van der Waals surface area contributed by atoms with Gasteiger partial charge in [0.25, 0.3) is 5.56 Å². The lowest BCUT2D eigenvalue weighted by Crippen LogP contribution is -2.43. The molecule has 0 amide bonds. The first-order valence-electron chi connectivity index (χ1n) is 6.65. The summed E-state index contributed by atoms with van der Waals surface area (Å²) in [6, 6.07) is 0.163. The van der Waals surface area contributed by atoms with Crippen LogP contribution in [0.25, 0.3) is 0 Å². The van der Waals surface area contributed by atoms with Crippen LogP contribution in [0.1, 0.15) is 25.7 Å². The molecule has 0 radical (unpaired) electrons. The lowest BCUT2D eigenvalue weighted by Gasteiger charge is -2.31. The number of rotatable bonds is 3. The Labute approximate surface area is 111 Å². The van der Waals surface area contributed by atoms with Crippen LogP contribution in [0, 0.1) is 5.92 Å². The van der Waals surface area contributed by atoms with Crippen molar-refractivity contribution in [3.05, 3.63) is 20.8 Å². The van der Waals surface area contributed by atoms with Gasteiger partial charge in [-0.3, -0.25) is 9.36 Å². The molecule has 1 aliphatic rings. The lowest BCUT2D eigenvalue weighted by molar-refractivity contribution is 0.331. The first-order valence-corrected chi connectivity index (χ1v) is 6.65. The quantitative estimate of drug-likeness (QED) is 0.763.